The number of nitrogens with one attached hydrogen (secondary N) is 2. The number of hydrogen-bond donors (Lipinski definition) is 2. The predicted molar refractivity (Wildman–Crippen MR) is 89.1 cm³/mol. The van der Waals surface area contributed by atoms with Gasteiger partial charge in [0.25, 0.3) is 5.92 Å². The maximum Gasteiger partial charge on any atom is 0.271 e. The highest BCUT2D eigenvalue weighted by Crippen LogP contribution is 2.36. The molecule has 1 aromatic rings. The van der Waals surface area contributed by atoms with Gasteiger partial charge in [-0.1, -0.05) is 18.2 Å². The molecule has 2 atom stereocenters. The van der Waals surface area contributed by atoms with Crippen LogP contribution in [0, 0.1) is 11.3 Å². The van der Waals surface area contributed by atoms with Gasteiger partial charge in [0, 0.05) is 19.0 Å². The summed E-state index contributed by atoms with van der Waals surface area (Å²) in [5.74, 6) is -3.73. The minimum atomic E-state index is -4.04. The molecule has 26 heavy (non-hydrogen) atoms. The smallest absolute Gasteiger partial charge is 0.271 e. The maximum absolute atomic E-state index is 13.8. The van der Waals surface area contributed by atoms with Crippen LogP contribution in [0.15, 0.2) is 29.2 Å². The van der Waals surface area contributed by atoms with Gasteiger partial charge in [-0.3, -0.25) is 4.79 Å². The van der Waals surface area contributed by atoms with E-state index in [1.807, 2.05) is 6.07 Å². The lowest BCUT2D eigenvalue weighted by Crippen LogP contribution is -2.45. The average molecular weight is 383 g/mol. The zero-order valence-electron chi connectivity index (χ0n) is 14.1. The van der Waals surface area contributed by atoms with Gasteiger partial charge in [-0.15, -0.1) is 0 Å². The largest absolute Gasteiger partial charge is 0.336 e. The fourth-order valence-corrected chi connectivity index (χ4v) is 5.05. The summed E-state index contributed by atoms with van der Waals surface area (Å²) in [4.78, 5) is 11.8. The second-order valence-corrected chi connectivity index (χ2v) is 9.13. The van der Waals surface area contributed by atoms with Gasteiger partial charge in [-0.2, -0.15) is 5.26 Å². The van der Waals surface area contributed by atoms with Crippen LogP contribution in [0.25, 0.3) is 0 Å². The van der Waals surface area contributed by atoms with Crippen molar-refractivity contribution in [3.8, 4) is 6.07 Å². The molecule has 3 rings (SSSR count). The van der Waals surface area contributed by atoms with E-state index in [-0.39, 0.29) is 13.0 Å². The first-order valence-electron chi connectivity index (χ1n) is 8.27. The van der Waals surface area contributed by atoms with Crippen molar-refractivity contribution in [3.63, 3.8) is 0 Å². The average Bonchev–Trinajstić information content (AvgIpc) is 3.17. The van der Waals surface area contributed by atoms with Crippen molar-refractivity contribution in [2.45, 2.75) is 53.8 Å². The van der Waals surface area contributed by atoms with Crippen molar-refractivity contribution in [1.29, 1.82) is 5.26 Å². The molecule has 0 unspecified atom stereocenters. The highest BCUT2D eigenvalue weighted by atomic mass is 32.2. The van der Waals surface area contributed by atoms with Gasteiger partial charge in [0.15, 0.2) is 9.84 Å². The van der Waals surface area contributed by atoms with E-state index in [0.717, 1.165) is 6.07 Å². The highest BCUT2D eigenvalue weighted by molar-refractivity contribution is 7.92. The number of nitriles is 1. The highest BCUT2D eigenvalue weighted by Gasteiger charge is 2.47. The number of carbonyl (C=O) groups excluding carboxylic acids is 1. The van der Waals surface area contributed by atoms with E-state index >= 15 is 0 Å². The number of nitrogens with zero attached hydrogens (tertiary/aromatic N) is 1. The molecule has 9 heteroatoms. The Morgan fingerprint density at radius 3 is 2.62 bits per heavy atom. The van der Waals surface area contributed by atoms with E-state index in [1.165, 1.54) is 18.2 Å². The molecule has 2 N–H and O–H groups in total. The number of carbonyl (C=O) groups is 1. The van der Waals surface area contributed by atoms with Crippen molar-refractivity contribution in [3.05, 3.63) is 29.8 Å². The second-order valence-electron chi connectivity index (χ2n) is 6.93. The van der Waals surface area contributed by atoms with Gasteiger partial charge >= 0.3 is 0 Å². The van der Waals surface area contributed by atoms with Crippen LogP contribution in [-0.4, -0.2) is 37.7 Å². The molecule has 0 aromatic heterocycles. The quantitative estimate of drug-likeness (QED) is 0.802. The SMILES string of the molecule is CC(F)(F)c1ccccc1S(=O)(=O)[C@@H]1CN[C@H](C(=O)NC2(C#N)CC2)C1. The van der Waals surface area contributed by atoms with E-state index in [1.54, 1.807) is 0 Å². The number of alkyl halides is 2. The Labute approximate surface area is 150 Å². The van der Waals surface area contributed by atoms with Gasteiger partial charge in [0.2, 0.25) is 5.91 Å². The topological polar surface area (TPSA) is 99.1 Å². The Morgan fingerprint density at radius 2 is 2.04 bits per heavy atom. The zero-order chi connectivity index (χ0) is 19.2. The normalized spacial score (nSPS) is 24.7. The Bertz CT molecular complexity index is 870. The third-order valence-corrected chi connectivity index (χ3v) is 7.04. The summed E-state index contributed by atoms with van der Waals surface area (Å²) in [7, 11) is -4.04. The summed E-state index contributed by atoms with van der Waals surface area (Å²) in [5.41, 5.74) is -1.39. The molecule has 0 radical (unpaired) electrons. The molecule has 1 saturated heterocycles. The molecule has 2 fully saturated rings. The molecule has 1 aromatic carbocycles. The summed E-state index contributed by atoms with van der Waals surface area (Å²) >= 11 is 0. The minimum absolute atomic E-state index is 0.0103. The fourth-order valence-electron chi connectivity index (χ4n) is 3.11. The number of rotatable bonds is 5. The summed E-state index contributed by atoms with van der Waals surface area (Å²) in [6, 6.07) is 6.31. The molecule has 1 aliphatic heterocycles. The Morgan fingerprint density at radius 1 is 1.38 bits per heavy atom. The van der Waals surface area contributed by atoms with Crippen LogP contribution in [0.5, 0.6) is 0 Å². The Balaban J connectivity index is 1.78. The third-order valence-electron chi connectivity index (χ3n) is 4.84. The zero-order valence-corrected chi connectivity index (χ0v) is 14.9. The minimum Gasteiger partial charge on any atom is -0.336 e. The maximum atomic E-state index is 13.8. The van der Waals surface area contributed by atoms with E-state index < -0.39 is 49.0 Å². The van der Waals surface area contributed by atoms with E-state index in [9.17, 15) is 22.0 Å². The van der Waals surface area contributed by atoms with E-state index in [2.05, 4.69) is 10.6 Å². The molecule has 0 spiro atoms. The number of benzene rings is 1. The van der Waals surface area contributed by atoms with Crippen LogP contribution in [0.3, 0.4) is 0 Å². The fraction of sp³-hybridized carbons (Fsp3) is 0.529. The molecule has 1 aliphatic carbocycles. The molecule has 0 bridgehead atoms. The van der Waals surface area contributed by atoms with Crippen LogP contribution in [0.2, 0.25) is 0 Å². The van der Waals surface area contributed by atoms with E-state index in [0.29, 0.717) is 19.8 Å². The second kappa shape index (κ2) is 6.28. The van der Waals surface area contributed by atoms with Gasteiger partial charge < -0.3 is 10.6 Å². The van der Waals surface area contributed by atoms with Crippen LogP contribution >= 0.6 is 0 Å². The number of halogens is 2. The summed E-state index contributed by atoms with van der Waals surface area (Å²) in [6.07, 6.45) is 1.12. The Hall–Kier alpha value is -2.05. The lowest BCUT2D eigenvalue weighted by Gasteiger charge is -2.18. The van der Waals surface area contributed by atoms with Crippen molar-refractivity contribution in [2.75, 3.05) is 6.54 Å². The van der Waals surface area contributed by atoms with Crippen LogP contribution in [0.4, 0.5) is 8.78 Å². The molecule has 1 amide bonds. The van der Waals surface area contributed by atoms with Crippen molar-refractivity contribution >= 4 is 15.7 Å². The first kappa shape index (κ1) is 18.7. The summed E-state index contributed by atoms with van der Waals surface area (Å²) < 4.78 is 53.3. The molecular formula is C17H19F2N3O3S. The number of amides is 1. The third kappa shape index (κ3) is 3.44. The first-order valence-corrected chi connectivity index (χ1v) is 9.82. The van der Waals surface area contributed by atoms with Crippen LogP contribution in [-0.2, 0) is 20.6 Å². The standard InChI is InChI=1S/C17H19F2N3O3S/c1-16(18,19)12-4-2-3-5-14(12)26(24,25)11-8-13(21-9-11)15(23)22-17(10-20)6-7-17/h2-5,11,13,21H,6-9H2,1H3,(H,22,23)/t11-,13-/m0/s1. The summed E-state index contributed by atoms with van der Waals surface area (Å²) in [6.45, 7) is 0.644. The van der Waals surface area contributed by atoms with Crippen LogP contribution < -0.4 is 10.6 Å². The van der Waals surface area contributed by atoms with E-state index in [4.69, 9.17) is 5.26 Å². The first-order chi connectivity index (χ1) is 12.1. The molecule has 2 aliphatic rings. The van der Waals surface area contributed by atoms with Gasteiger partial charge in [0.05, 0.1) is 22.3 Å². The Kier molecular flexibility index (Phi) is 4.53. The van der Waals surface area contributed by atoms with Gasteiger partial charge in [0.1, 0.15) is 5.54 Å². The van der Waals surface area contributed by atoms with Crippen molar-refractivity contribution < 1.29 is 22.0 Å². The molecular weight excluding hydrogens is 364 g/mol. The molecule has 1 heterocycles. The van der Waals surface area contributed by atoms with Crippen molar-refractivity contribution in [2.24, 2.45) is 0 Å². The van der Waals surface area contributed by atoms with Crippen LogP contribution in [0.1, 0.15) is 31.7 Å². The molecule has 6 nitrogen and oxygen atoms in total. The predicted octanol–water partition coefficient (Wildman–Crippen LogP) is 1.47. The lowest BCUT2D eigenvalue weighted by molar-refractivity contribution is -0.123. The molecule has 1 saturated carbocycles. The van der Waals surface area contributed by atoms with Gasteiger partial charge in [-0.05, 0) is 25.3 Å². The number of sulfone groups is 1. The van der Waals surface area contributed by atoms with Gasteiger partial charge in [-0.25, -0.2) is 17.2 Å². The number of hydrogen-bond acceptors (Lipinski definition) is 5. The lowest BCUT2D eigenvalue weighted by atomic mass is 10.1. The molecule has 140 valence electrons. The monoisotopic (exact) mass is 383 g/mol. The van der Waals surface area contributed by atoms with Crippen molar-refractivity contribution in [1.82, 2.24) is 10.6 Å². The summed E-state index contributed by atoms with van der Waals surface area (Å²) in [5, 5.41) is 13.5.